The van der Waals surface area contributed by atoms with Crippen LogP contribution in [0.4, 0.5) is 0 Å². The molecule has 0 saturated carbocycles. The second-order valence-electron chi connectivity index (χ2n) is 2.89. The normalized spacial score (nSPS) is 12.5. The average molecular weight is 191 g/mol. The maximum Gasteiger partial charge on any atom is 0.283 e. The van der Waals surface area contributed by atoms with Crippen LogP contribution in [0.2, 0.25) is 0 Å². The third kappa shape index (κ3) is 2.72. The topological polar surface area (TPSA) is 35.6 Å². The van der Waals surface area contributed by atoms with Gasteiger partial charge in [0.15, 0.2) is 0 Å². The molecule has 0 saturated heterocycles. The first-order chi connectivity index (χ1) is 5.45. The van der Waals surface area contributed by atoms with Gasteiger partial charge >= 0.3 is 0 Å². The summed E-state index contributed by atoms with van der Waals surface area (Å²) in [7, 11) is 4.62. The fourth-order valence-electron chi connectivity index (χ4n) is 0.824. The predicted octanol–water partition coefficient (Wildman–Crippen LogP) is 0.993. The summed E-state index contributed by atoms with van der Waals surface area (Å²) in [5.74, 6) is 0. The Labute approximate surface area is 74.8 Å². The van der Waals surface area contributed by atoms with Crippen LogP contribution in [0.25, 0.3) is 0 Å². The van der Waals surface area contributed by atoms with Crippen molar-refractivity contribution < 1.29 is 4.57 Å². The SMILES string of the molecule is C=CCNP(=O)(N(C)C)N(C)C. The Morgan fingerprint density at radius 3 is 2.00 bits per heavy atom. The molecule has 0 aliphatic carbocycles. The Kier molecular flexibility index (Phi) is 4.71. The van der Waals surface area contributed by atoms with Gasteiger partial charge in [-0.3, -0.25) is 4.57 Å². The lowest BCUT2D eigenvalue weighted by molar-refractivity contribution is 0.435. The highest BCUT2D eigenvalue weighted by molar-refractivity contribution is 7.56. The van der Waals surface area contributed by atoms with Crippen molar-refractivity contribution in [2.24, 2.45) is 0 Å². The van der Waals surface area contributed by atoms with E-state index >= 15 is 0 Å². The lowest BCUT2D eigenvalue weighted by Crippen LogP contribution is -2.30. The minimum atomic E-state index is -2.53. The van der Waals surface area contributed by atoms with Gasteiger partial charge in [0.25, 0.3) is 7.59 Å². The van der Waals surface area contributed by atoms with E-state index in [9.17, 15) is 4.57 Å². The van der Waals surface area contributed by atoms with Gasteiger partial charge in [0.2, 0.25) is 0 Å². The molecule has 72 valence electrons. The van der Waals surface area contributed by atoms with Gasteiger partial charge in [-0.25, -0.2) is 14.4 Å². The predicted molar refractivity (Wildman–Crippen MR) is 53.2 cm³/mol. The van der Waals surface area contributed by atoms with Crippen molar-refractivity contribution in [1.82, 2.24) is 14.4 Å². The van der Waals surface area contributed by atoms with Gasteiger partial charge in [-0.05, 0) is 28.2 Å². The molecule has 0 spiro atoms. The molecular weight excluding hydrogens is 173 g/mol. The maximum absolute atomic E-state index is 12.1. The zero-order valence-electron chi connectivity index (χ0n) is 8.24. The van der Waals surface area contributed by atoms with E-state index < -0.39 is 7.59 Å². The maximum atomic E-state index is 12.1. The molecule has 0 heterocycles. The van der Waals surface area contributed by atoms with Gasteiger partial charge in [-0.2, -0.15) is 0 Å². The molecule has 0 aliphatic rings. The first-order valence-electron chi connectivity index (χ1n) is 3.77. The van der Waals surface area contributed by atoms with E-state index in [1.165, 1.54) is 0 Å². The quantitative estimate of drug-likeness (QED) is 0.519. The van der Waals surface area contributed by atoms with Crippen LogP contribution in [0.1, 0.15) is 0 Å². The summed E-state index contributed by atoms with van der Waals surface area (Å²) in [6.45, 7) is 4.11. The molecule has 0 unspecified atom stereocenters. The van der Waals surface area contributed by atoms with Gasteiger partial charge < -0.3 is 0 Å². The van der Waals surface area contributed by atoms with E-state index in [0.29, 0.717) is 6.54 Å². The second kappa shape index (κ2) is 4.77. The van der Waals surface area contributed by atoms with Crippen molar-refractivity contribution >= 4 is 7.59 Å². The van der Waals surface area contributed by atoms with Gasteiger partial charge in [-0.1, -0.05) is 6.08 Å². The van der Waals surface area contributed by atoms with Crippen LogP contribution in [0.3, 0.4) is 0 Å². The van der Waals surface area contributed by atoms with Crippen LogP contribution in [0, 0.1) is 0 Å². The van der Waals surface area contributed by atoms with E-state index in [0.717, 1.165) is 0 Å². The van der Waals surface area contributed by atoms with Crippen molar-refractivity contribution in [3.8, 4) is 0 Å². The zero-order chi connectivity index (χ0) is 9.78. The monoisotopic (exact) mass is 191 g/mol. The van der Waals surface area contributed by atoms with Crippen molar-refractivity contribution in [2.75, 3.05) is 34.7 Å². The summed E-state index contributed by atoms with van der Waals surface area (Å²) >= 11 is 0. The zero-order valence-corrected chi connectivity index (χ0v) is 9.14. The van der Waals surface area contributed by atoms with Crippen molar-refractivity contribution in [2.45, 2.75) is 0 Å². The minimum absolute atomic E-state index is 0.549. The van der Waals surface area contributed by atoms with Crippen LogP contribution >= 0.6 is 7.59 Å². The van der Waals surface area contributed by atoms with Crippen molar-refractivity contribution in [1.29, 1.82) is 0 Å². The number of rotatable bonds is 5. The Morgan fingerprint density at radius 1 is 1.33 bits per heavy atom. The van der Waals surface area contributed by atoms with Gasteiger partial charge in [0.05, 0.1) is 0 Å². The highest BCUT2D eigenvalue weighted by Crippen LogP contribution is 2.44. The smallest absolute Gasteiger partial charge is 0.271 e. The van der Waals surface area contributed by atoms with E-state index in [1.54, 1.807) is 43.6 Å². The number of hydrogen-bond acceptors (Lipinski definition) is 1. The van der Waals surface area contributed by atoms with Crippen molar-refractivity contribution in [3.05, 3.63) is 12.7 Å². The van der Waals surface area contributed by atoms with Crippen molar-refractivity contribution in [3.63, 3.8) is 0 Å². The van der Waals surface area contributed by atoms with Crippen LogP contribution < -0.4 is 5.09 Å². The molecule has 0 aromatic carbocycles. The first kappa shape index (κ1) is 11.8. The molecule has 1 N–H and O–H groups in total. The Morgan fingerprint density at radius 2 is 1.75 bits per heavy atom. The molecule has 0 atom stereocenters. The molecule has 0 aromatic rings. The molecule has 0 amide bonds. The van der Waals surface area contributed by atoms with Crippen LogP contribution in [0.5, 0.6) is 0 Å². The molecule has 5 heteroatoms. The van der Waals surface area contributed by atoms with E-state index in [-0.39, 0.29) is 0 Å². The highest BCUT2D eigenvalue weighted by Gasteiger charge is 2.26. The molecule has 0 rings (SSSR count). The largest absolute Gasteiger partial charge is 0.283 e. The second-order valence-corrected chi connectivity index (χ2v) is 5.89. The molecule has 4 nitrogen and oxygen atoms in total. The Balaban J connectivity index is 4.40. The van der Waals surface area contributed by atoms with Gasteiger partial charge in [0, 0.05) is 6.54 Å². The molecule has 12 heavy (non-hydrogen) atoms. The fraction of sp³-hybridized carbons (Fsp3) is 0.714. The van der Waals surface area contributed by atoms with E-state index in [4.69, 9.17) is 0 Å². The highest BCUT2D eigenvalue weighted by atomic mass is 31.2. The lowest BCUT2D eigenvalue weighted by Gasteiger charge is -2.30. The molecular formula is C7H18N3OP. The van der Waals surface area contributed by atoms with E-state index in [2.05, 4.69) is 11.7 Å². The van der Waals surface area contributed by atoms with Crippen LogP contribution in [-0.4, -0.2) is 44.1 Å². The van der Waals surface area contributed by atoms with Crippen LogP contribution in [0.15, 0.2) is 12.7 Å². The summed E-state index contributed by atoms with van der Waals surface area (Å²) in [5.41, 5.74) is 0. The van der Waals surface area contributed by atoms with Crippen LogP contribution in [-0.2, 0) is 4.57 Å². The number of hydrogen-bond donors (Lipinski definition) is 1. The molecule has 0 bridgehead atoms. The molecule has 0 aliphatic heterocycles. The summed E-state index contributed by atoms with van der Waals surface area (Å²) in [6, 6.07) is 0. The standard InChI is InChI=1S/C7H18N3OP/c1-6-7-8-12(11,9(2)3)10(4)5/h6H,1,7H2,2-5H3,(H,8,11). The molecule has 0 radical (unpaired) electrons. The van der Waals surface area contributed by atoms with Gasteiger partial charge in [0.1, 0.15) is 0 Å². The minimum Gasteiger partial charge on any atom is -0.271 e. The average Bonchev–Trinajstić information content (AvgIpc) is 1.99. The third-order valence-electron chi connectivity index (χ3n) is 1.53. The molecule has 0 aromatic heterocycles. The summed E-state index contributed by atoms with van der Waals surface area (Å²) < 4.78 is 15.4. The summed E-state index contributed by atoms with van der Waals surface area (Å²) in [6.07, 6.45) is 1.69. The lowest BCUT2D eigenvalue weighted by atomic mass is 10.7. The Hall–Kier alpha value is -0.150. The number of nitrogens with one attached hydrogen (secondary N) is 1. The molecule has 0 fully saturated rings. The van der Waals surface area contributed by atoms with Gasteiger partial charge in [-0.15, -0.1) is 6.58 Å². The summed E-state index contributed by atoms with van der Waals surface area (Å²) in [4.78, 5) is 0. The Bertz CT molecular complexity index is 179. The third-order valence-corrected chi connectivity index (χ3v) is 4.29. The first-order valence-corrected chi connectivity index (χ1v) is 5.38. The number of nitrogens with zero attached hydrogens (tertiary/aromatic N) is 2. The fourth-order valence-corrected chi connectivity index (χ4v) is 2.47. The summed E-state index contributed by atoms with van der Waals surface area (Å²) in [5, 5.41) is 2.93. The van der Waals surface area contributed by atoms with E-state index in [1.807, 2.05) is 0 Å².